The fourth-order valence-electron chi connectivity index (χ4n) is 2.71. The summed E-state index contributed by atoms with van der Waals surface area (Å²) in [6.07, 6.45) is 5.05. The molecule has 1 amide bonds. The Morgan fingerprint density at radius 1 is 1.32 bits per heavy atom. The highest BCUT2D eigenvalue weighted by Crippen LogP contribution is 2.23. The first-order valence-corrected chi connectivity index (χ1v) is 7.61. The molecule has 0 aliphatic carbocycles. The van der Waals surface area contributed by atoms with Crippen molar-refractivity contribution in [3.05, 3.63) is 46.3 Å². The second-order valence-electron chi connectivity index (χ2n) is 5.59. The molecule has 2 aromatic heterocycles. The van der Waals surface area contributed by atoms with Crippen LogP contribution in [0.25, 0.3) is 6.08 Å². The highest BCUT2D eigenvalue weighted by molar-refractivity contribution is 6.32. The van der Waals surface area contributed by atoms with Gasteiger partial charge >= 0.3 is 5.97 Å². The van der Waals surface area contributed by atoms with Crippen LogP contribution >= 0.6 is 0 Å². The van der Waals surface area contributed by atoms with E-state index in [9.17, 15) is 9.59 Å². The molecular weight excluding hydrogens is 324 g/mol. The molecule has 3 heterocycles. The topological polar surface area (TPSA) is 133 Å². The predicted octanol–water partition coefficient (Wildman–Crippen LogP) is 0.751. The molecule has 0 saturated carbocycles. The van der Waals surface area contributed by atoms with E-state index in [2.05, 4.69) is 30.7 Å². The van der Waals surface area contributed by atoms with E-state index in [-0.39, 0.29) is 18.2 Å². The number of carbonyl (C=O) groups is 2. The van der Waals surface area contributed by atoms with E-state index in [1.807, 2.05) is 13.8 Å². The quantitative estimate of drug-likeness (QED) is 0.688. The van der Waals surface area contributed by atoms with Crippen molar-refractivity contribution in [2.24, 2.45) is 5.10 Å². The maximum atomic E-state index is 12.1. The molecule has 0 unspecified atom stereocenters. The first kappa shape index (κ1) is 16.5. The summed E-state index contributed by atoms with van der Waals surface area (Å²) in [5, 5.41) is 20.5. The van der Waals surface area contributed by atoms with Crippen molar-refractivity contribution in [1.29, 1.82) is 0 Å². The van der Waals surface area contributed by atoms with Gasteiger partial charge in [0.2, 0.25) is 5.82 Å². The number of carboxylic acid groups (broad SMARTS) is 1. The zero-order chi connectivity index (χ0) is 18.0. The molecule has 2 aromatic rings. The third kappa shape index (κ3) is 3.30. The second-order valence-corrected chi connectivity index (χ2v) is 5.59. The number of amides is 1. The smallest absolute Gasteiger partial charge is 0.303 e. The van der Waals surface area contributed by atoms with Gasteiger partial charge in [-0.1, -0.05) is 0 Å². The number of aromatic nitrogens is 4. The van der Waals surface area contributed by atoms with Crippen LogP contribution in [0.4, 0.5) is 0 Å². The van der Waals surface area contributed by atoms with Crippen LogP contribution in [0.3, 0.4) is 0 Å². The van der Waals surface area contributed by atoms with Crippen LogP contribution < -0.4 is 5.43 Å². The summed E-state index contributed by atoms with van der Waals surface area (Å²) in [7, 11) is 0. The Kier molecular flexibility index (Phi) is 4.38. The zero-order valence-electron chi connectivity index (χ0n) is 13.7. The molecule has 0 fully saturated rings. The van der Waals surface area contributed by atoms with Crippen molar-refractivity contribution in [3.63, 3.8) is 0 Å². The summed E-state index contributed by atoms with van der Waals surface area (Å²) in [5.74, 6) is -0.960. The SMILES string of the molecule is Cc1[nH]c(C=C2C(=O)NN=C2c2nccnn2)c(C)c1CCC(=O)O. The fourth-order valence-corrected chi connectivity index (χ4v) is 2.71. The maximum Gasteiger partial charge on any atom is 0.303 e. The number of nitrogens with zero attached hydrogens (tertiary/aromatic N) is 4. The largest absolute Gasteiger partial charge is 0.481 e. The van der Waals surface area contributed by atoms with E-state index in [4.69, 9.17) is 5.11 Å². The molecule has 0 atom stereocenters. The lowest BCUT2D eigenvalue weighted by Crippen LogP contribution is -2.15. The van der Waals surface area contributed by atoms with Crippen LogP contribution in [0.2, 0.25) is 0 Å². The first-order valence-electron chi connectivity index (χ1n) is 7.61. The van der Waals surface area contributed by atoms with Gasteiger partial charge in [0.25, 0.3) is 5.91 Å². The van der Waals surface area contributed by atoms with Gasteiger partial charge in [-0.05, 0) is 37.5 Å². The number of aliphatic carboxylic acids is 1. The minimum absolute atomic E-state index is 0.0479. The third-order valence-corrected chi connectivity index (χ3v) is 3.97. The number of hydrogen-bond donors (Lipinski definition) is 3. The molecule has 0 bridgehead atoms. The summed E-state index contributed by atoms with van der Waals surface area (Å²) < 4.78 is 0. The second kappa shape index (κ2) is 6.63. The molecule has 0 radical (unpaired) electrons. The summed E-state index contributed by atoms with van der Waals surface area (Å²) in [5.41, 5.74) is 6.47. The minimum Gasteiger partial charge on any atom is -0.481 e. The maximum absolute atomic E-state index is 12.1. The average molecular weight is 340 g/mol. The van der Waals surface area contributed by atoms with Crippen LogP contribution in [-0.4, -0.2) is 42.9 Å². The van der Waals surface area contributed by atoms with E-state index in [0.717, 1.165) is 22.5 Å². The number of H-pyrrole nitrogens is 1. The van der Waals surface area contributed by atoms with E-state index in [1.54, 1.807) is 6.08 Å². The minimum atomic E-state index is -0.849. The van der Waals surface area contributed by atoms with Gasteiger partial charge in [-0.25, -0.2) is 10.4 Å². The molecule has 0 spiro atoms. The Morgan fingerprint density at radius 2 is 2.12 bits per heavy atom. The monoisotopic (exact) mass is 340 g/mol. The zero-order valence-corrected chi connectivity index (χ0v) is 13.7. The standard InChI is InChI=1S/C16H16N6O3/c1-8-10(3-4-13(23)24)9(2)19-12(8)7-11-14(20-22-16(11)25)15-17-5-6-18-21-15/h5-7,19H,3-4H2,1-2H3,(H,22,25)(H,23,24). The number of aryl methyl sites for hydroxylation is 1. The summed E-state index contributed by atoms with van der Waals surface area (Å²) in [6, 6.07) is 0. The Hall–Kier alpha value is -3.36. The Morgan fingerprint density at radius 3 is 2.80 bits per heavy atom. The number of hydrogen-bond acceptors (Lipinski definition) is 6. The molecule has 3 N–H and O–H groups in total. The van der Waals surface area contributed by atoms with Crippen molar-refractivity contribution in [2.45, 2.75) is 26.7 Å². The summed E-state index contributed by atoms with van der Waals surface area (Å²) in [4.78, 5) is 30.2. The van der Waals surface area contributed by atoms with E-state index < -0.39 is 5.97 Å². The van der Waals surface area contributed by atoms with Crippen LogP contribution in [0.15, 0.2) is 23.1 Å². The third-order valence-electron chi connectivity index (χ3n) is 3.97. The van der Waals surface area contributed by atoms with E-state index in [0.29, 0.717) is 17.7 Å². The van der Waals surface area contributed by atoms with Crippen molar-refractivity contribution in [3.8, 4) is 0 Å². The molecule has 9 heteroatoms. The highest BCUT2D eigenvalue weighted by Gasteiger charge is 2.27. The molecule has 128 valence electrons. The fraction of sp³-hybridized carbons (Fsp3) is 0.250. The molecule has 1 aliphatic rings. The Balaban J connectivity index is 1.97. The number of carboxylic acids is 1. The molecule has 0 saturated heterocycles. The van der Waals surface area contributed by atoms with Crippen LogP contribution in [-0.2, 0) is 16.0 Å². The lowest BCUT2D eigenvalue weighted by molar-refractivity contribution is -0.137. The van der Waals surface area contributed by atoms with Gasteiger partial charge in [-0.2, -0.15) is 10.2 Å². The average Bonchev–Trinajstić information content (AvgIpc) is 3.07. The van der Waals surface area contributed by atoms with Crippen molar-refractivity contribution >= 4 is 23.7 Å². The van der Waals surface area contributed by atoms with Gasteiger partial charge in [0.1, 0.15) is 5.71 Å². The molecule has 0 aromatic carbocycles. The molecule has 1 aliphatic heterocycles. The van der Waals surface area contributed by atoms with Gasteiger partial charge in [0, 0.05) is 24.0 Å². The van der Waals surface area contributed by atoms with Crippen molar-refractivity contribution in [1.82, 2.24) is 25.6 Å². The summed E-state index contributed by atoms with van der Waals surface area (Å²) >= 11 is 0. The van der Waals surface area contributed by atoms with Gasteiger partial charge in [0.15, 0.2) is 0 Å². The highest BCUT2D eigenvalue weighted by atomic mass is 16.4. The first-order chi connectivity index (χ1) is 12.0. The molecule has 9 nitrogen and oxygen atoms in total. The molecular formula is C16H16N6O3. The van der Waals surface area contributed by atoms with Gasteiger partial charge < -0.3 is 10.1 Å². The lowest BCUT2D eigenvalue weighted by atomic mass is 10.0. The number of carbonyl (C=O) groups excluding carboxylic acids is 1. The Labute approximate surface area is 142 Å². The molecule has 3 rings (SSSR count). The molecule has 25 heavy (non-hydrogen) atoms. The van der Waals surface area contributed by atoms with E-state index in [1.165, 1.54) is 12.4 Å². The lowest BCUT2D eigenvalue weighted by Gasteiger charge is -2.01. The summed E-state index contributed by atoms with van der Waals surface area (Å²) in [6.45, 7) is 3.76. The van der Waals surface area contributed by atoms with Gasteiger partial charge in [-0.3, -0.25) is 9.59 Å². The van der Waals surface area contributed by atoms with E-state index >= 15 is 0 Å². The number of aromatic amines is 1. The number of rotatable bonds is 5. The van der Waals surface area contributed by atoms with Gasteiger partial charge in [0.05, 0.1) is 11.8 Å². The Bertz CT molecular complexity index is 898. The predicted molar refractivity (Wildman–Crippen MR) is 88.7 cm³/mol. The van der Waals surface area contributed by atoms with Gasteiger partial charge in [-0.15, -0.1) is 5.10 Å². The van der Waals surface area contributed by atoms with Crippen LogP contribution in [0.1, 0.15) is 34.8 Å². The number of hydrazone groups is 1. The van der Waals surface area contributed by atoms with Crippen molar-refractivity contribution in [2.75, 3.05) is 0 Å². The van der Waals surface area contributed by atoms with Crippen molar-refractivity contribution < 1.29 is 14.7 Å². The normalized spacial score (nSPS) is 15.4. The van der Waals surface area contributed by atoms with Crippen LogP contribution in [0, 0.1) is 13.8 Å². The number of nitrogens with one attached hydrogen (secondary N) is 2. The van der Waals surface area contributed by atoms with Crippen LogP contribution in [0.5, 0.6) is 0 Å².